The van der Waals surface area contributed by atoms with Crippen molar-refractivity contribution >= 4 is 23.5 Å². The van der Waals surface area contributed by atoms with E-state index in [9.17, 15) is 4.79 Å². The monoisotopic (exact) mass is 429 g/mol. The van der Waals surface area contributed by atoms with Crippen LogP contribution in [0.5, 0.6) is 5.88 Å². The van der Waals surface area contributed by atoms with Gasteiger partial charge in [-0.2, -0.15) is 5.26 Å². The third-order valence-corrected chi connectivity index (χ3v) is 4.79. The first-order valence-corrected chi connectivity index (χ1v) is 9.98. The third-order valence-electron chi connectivity index (χ3n) is 4.53. The molecule has 3 rings (SSSR count). The summed E-state index contributed by atoms with van der Waals surface area (Å²) in [5.74, 6) is 0.418. The molecule has 1 amide bonds. The van der Waals surface area contributed by atoms with E-state index in [4.69, 9.17) is 32.1 Å². The van der Waals surface area contributed by atoms with E-state index >= 15 is 0 Å². The lowest BCUT2D eigenvalue weighted by Gasteiger charge is -2.24. The van der Waals surface area contributed by atoms with E-state index in [-0.39, 0.29) is 28.9 Å². The number of aromatic nitrogens is 2. The number of benzene rings is 1. The van der Waals surface area contributed by atoms with Crippen molar-refractivity contribution in [1.82, 2.24) is 14.9 Å². The number of rotatable bonds is 4. The highest BCUT2D eigenvalue weighted by Gasteiger charge is 2.30. The summed E-state index contributed by atoms with van der Waals surface area (Å²) in [6.45, 7) is 7.02. The van der Waals surface area contributed by atoms with Crippen molar-refractivity contribution in [3.05, 3.63) is 35.0 Å². The highest BCUT2D eigenvalue weighted by Crippen LogP contribution is 2.30. The summed E-state index contributed by atoms with van der Waals surface area (Å²) in [5, 5.41) is 9.10. The fourth-order valence-corrected chi connectivity index (χ4v) is 3.30. The minimum Gasteiger partial charge on any atom is -0.475 e. The number of ether oxygens (including phenoxy) is 2. The number of halogens is 1. The number of nitriles is 1. The van der Waals surface area contributed by atoms with Crippen LogP contribution in [0.4, 0.5) is 10.6 Å². The van der Waals surface area contributed by atoms with Gasteiger partial charge >= 0.3 is 6.09 Å². The zero-order valence-electron chi connectivity index (χ0n) is 17.2. The minimum atomic E-state index is -0.527. The number of nitrogens with zero attached hydrogens (tertiary/aromatic N) is 4. The molecule has 2 heterocycles. The summed E-state index contributed by atoms with van der Waals surface area (Å²) < 4.78 is 11.2. The highest BCUT2D eigenvalue weighted by molar-refractivity contribution is 6.32. The maximum absolute atomic E-state index is 12.2. The van der Waals surface area contributed by atoms with Crippen LogP contribution in [0.3, 0.4) is 0 Å². The predicted octanol–water partition coefficient (Wildman–Crippen LogP) is 3.89. The van der Waals surface area contributed by atoms with Crippen molar-refractivity contribution in [3.8, 4) is 23.2 Å². The Morgan fingerprint density at radius 2 is 2.03 bits per heavy atom. The quantitative estimate of drug-likeness (QED) is 0.783. The summed E-state index contributed by atoms with van der Waals surface area (Å²) in [4.78, 5) is 22.4. The van der Waals surface area contributed by atoms with Gasteiger partial charge in [0.15, 0.2) is 11.0 Å². The van der Waals surface area contributed by atoms with Gasteiger partial charge in [0.25, 0.3) is 5.88 Å². The second kappa shape index (κ2) is 8.76. The number of hydrogen-bond donors (Lipinski definition) is 1. The van der Waals surface area contributed by atoms with Crippen LogP contribution >= 0.6 is 11.6 Å². The number of nitrogens with two attached hydrogens (primary N) is 1. The van der Waals surface area contributed by atoms with Crippen LogP contribution in [0.25, 0.3) is 11.3 Å². The van der Waals surface area contributed by atoms with Crippen LogP contribution < -0.4 is 10.5 Å². The summed E-state index contributed by atoms with van der Waals surface area (Å²) in [5.41, 5.74) is 7.06. The molecular weight excluding hydrogens is 406 g/mol. The molecule has 8 nitrogen and oxygen atoms in total. The fraction of sp³-hybridized carbons (Fsp3) is 0.429. The van der Waals surface area contributed by atoms with Gasteiger partial charge in [-0.1, -0.05) is 23.7 Å². The number of carbonyl (C=O) groups excluding carboxylic acids is 1. The molecule has 0 saturated carbocycles. The van der Waals surface area contributed by atoms with Crippen molar-refractivity contribution in [2.75, 3.05) is 25.4 Å². The van der Waals surface area contributed by atoms with Crippen molar-refractivity contribution < 1.29 is 14.3 Å². The van der Waals surface area contributed by atoms with E-state index in [1.807, 2.05) is 20.8 Å². The van der Waals surface area contributed by atoms with Crippen LogP contribution in [0, 0.1) is 17.2 Å². The van der Waals surface area contributed by atoms with Crippen LogP contribution in [0.15, 0.2) is 24.3 Å². The Morgan fingerprint density at radius 3 is 2.67 bits per heavy atom. The van der Waals surface area contributed by atoms with Crippen molar-refractivity contribution in [3.63, 3.8) is 0 Å². The van der Waals surface area contributed by atoms with Crippen LogP contribution in [0.2, 0.25) is 5.15 Å². The maximum Gasteiger partial charge on any atom is 0.410 e. The molecule has 0 unspecified atom stereocenters. The van der Waals surface area contributed by atoms with Crippen LogP contribution in [-0.2, 0) is 4.74 Å². The van der Waals surface area contributed by atoms with Gasteiger partial charge in [0.05, 0.1) is 18.2 Å². The molecule has 2 aromatic rings. The number of carbonyl (C=O) groups is 1. The molecule has 158 valence electrons. The number of likely N-dealkylation sites (tertiary alicyclic amines) is 1. The van der Waals surface area contributed by atoms with E-state index in [0.29, 0.717) is 36.5 Å². The highest BCUT2D eigenvalue weighted by atomic mass is 35.5. The van der Waals surface area contributed by atoms with E-state index < -0.39 is 5.60 Å². The van der Waals surface area contributed by atoms with Gasteiger partial charge in [-0.3, -0.25) is 0 Å². The van der Waals surface area contributed by atoms with E-state index in [1.54, 1.807) is 29.2 Å². The number of anilines is 1. The average molecular weight is 430 g/mol. The van der Waals surface area contributed by atoms with E-state index in [0.717, 1.165) is 6.42 Å². The number of nitrogen functional groups attached to an aromatic ring is 1. The van der Waals surface area contributed by atoms with Gasteiger partial charge in [0.1, 0.15) is 11.3 Å². The molecule has 1 aromatic carbocycles. The Kier molecular flexibility index (Phi) is 6.32. The molecule has 0 radical (unpaired) electrons. The SMILES string of the molecule is CC(C)(C)OC(=O)N1CC[C@@H](COc2nc(-c3ccc(C#N)cc3)c(Cl)nc2N)C1. The molecule has 1 fully saturated rings. The molecule has 0 bridgehead atoms. The molecule has 1 atom stereocenters. The number of hydrogen-bond acceptors (Lipinski definition) is 7. The lowest BCUT2D eigenvalue weighted by molar-refractivity contribution is 0.0284. The lowest BCUT2D eigenvalue weighted by atomic mass is 10.1. The van der Waals surface area contributed by atoms with Crippen molar-refractivity contribution in [2.45, 2.75) is 32.8 Å². The molecule has 0 spiro atoms. The Morgan fingerprint density at radius 1 is 1.33 bits per heavy atom. The summed E-state index contributed by atoms with van der Waals surface area (Å²) in [7, 11) is 0. The Hall–Kier alpha value is -3.05. The van der Waals surface area contributed by atoms with Gasteiger partial charge in [0, 0.05) is 24.6 Å². The van der Waals surface area contributed by atoms with Crippen LogP contribution in [-0.4, -0.2) is 46.3 Å². The molecule has 0 aliphatic carbocycles. The van der Waals surface area contributed by atoms with Crippen molar-refractivity contribution in [2.24, 2.45) is 5.92 Å². The maximum atomic E-state index is 12.2. The first-order valence-electron chi connectivity index (χ1n) is 9.60. The van der Waals surface area contributed by atoms with Gasteiger partial charge < -0.3 is 20.1 Å². The summed E-state index contributed by atoms with van der Waals surface area (Å²) >= 11 is 6.21. The molecule has 1 aliphatic heterocycles. The zero-order chi connectivity index (χ0) is 21.9. The van der Waals surface area contributed by atoms with Gasteiger partial charge in [-0.15, -0.1) is 0 Å². The predicted molar refractivity (Wildman–Crippen MR) is 113 cm³/mol. The molecule has 1 aliphatic rings. The second-order valence-electron chi connectivity index (χ2n) is 8.13. The Balaban J connectivity index is 1.66. The first-order chi connectivity index (χ1) is 14.2. The number of amides is 1. The minimum absolute atomic E-state index is 0.0967. The Bertz CT molecular complexity index is 966. The molecule has 30 heavy (non-hydrogen) atoms. The van der Waals surface area contributed by atoms with Gasteiger partial charge in [-0.25, -0.2) is 14.8 Å². The topological polar surface area (TPSA) is 114 Å². The van der Waals surface area contributed by atoms with E-state index in [1.165, 1.54) is 0 Å². The summed E-state index contributed by atoms with van der Waals surface area (Å²) in [6, 6.07) is 8.90. The normalized spacial score (nSPS) is 16.2. The zero-order valence-corrected chi connectivity index (χ0v) is 17.9. The van der Waals surface area contributed by atoms with Crippen molar-refractivity contribution in [1.29, 1.82) is 5.26 Å². The largest absolute Gasteiger partial charge is 0.475 e. The van der Waals surface area contributed by atoms with Gasteiger partial charge in [-0.05, 0) is 39.3 Å². The lowest BCUT2D eigenvalue weighted by Crippen LogP contribution is -2.35. The molecule has 2 N–H and O–H groups in total. The molecular formula is C21H24ClN5O3. The molecule has 9 heteroatoms. The average Bonchev–Trinajstić information content (AvgIpc) is 3.15. The smallest absolute Gasteiger partial charge is 0.410 e. The second-order valence-corrected chi connectivity index (χ2v) is 8.49. The van der Waals surface area contributed by atoms with Crippen LogP contribution in [0.1, 0.15) is 32.8 Å². The van der Waals surface area contributed by atoms with Gasteiger partial charge in [0.2, 0.25) is 0 Å². The summed E-state index contributed by atoms with van der Waals surface area (Å²) in [6.07, 6.45) is 0.474. The Labute approximate surface area is 180 Å². The molecule has 1 aromatic heterocycles. The first kappa shape index (κ1) is 21.7. The fourth-order valence-electron chi connectivity index (χ4n) is 3.06. The van der Waals surface area contributed by atoms with E-state index in [2.05, 4.69) is 16.0 Å². The third kappa shape index (κ3) is 5.30. The standard InChI is InChI=1S/C21H24ClN5O3/c1-21(2,3)30-20(28)27-9-8-14(11-27)12-29-19-18(24)26-17(22)16(25-19)15-6-4-13(10-23)5-7-15/h4-7,14H,8-9,11-12H2,1-3H3,(H2,24,26)/t14-/m1/s1. The molecule has 1 saturated heterocycles.